The molecule has 1 heterocycles. The van der Waals surface area contributed by atoms with E-state index in [9.17, 15) is 9.59 Å². The molecule has 2 rings (SSSR count). The molecule has 20 heavy (non-hydrogen) atoms. The van der Waals surface area contributed by atoms with E-state index in [-0.39, 0.29) is 12.6 Å². The third kappa shape index (κ3) is 3.88. The van der Waals surface area contributed by atoms with E-state index in [0.29, 0.717) is 13.1 Å². The van der Waals surface area contributed by atoms with Gasteiger partial charge < -0.3 is 20.1 Å². The number of nitrogens with one attached hydrogen (secondary N) is 1. The van der Waals surface area contributed by atoms with Gasteiger partial charge in [0, 0.05) is 13.1 Å². The minimum Gasteiger partial charge on any atom is -0.465 e. The highest BCUT2D eigenvalue weighted by Crippen LogP contribution is 2.17. The molecule has 1 aromatic rings. The summed E-state index contributed by atoms with van der Waals surface area (Å²) < 4.78 is 5.07. The van der Waals surface area contributed by atoms with Gasteiger partial charge in [-0.15, -0.1) is 0 Å². The van der Waals surface area contributed by atoms with Crippen molar-refractivity contribution < 1.29 is 19.4 Å². The molecule has 1 aliphatic heterocycles. The second-order valence-electron chi connectivity index (χ2n) is 4.71. The van der Waals surface area contributed by atoms with Crippen molar-refractivity contribution in [2.45, 2.75) is 25.4 Å². The summed E-state index contributed by atoms with van der Waals surface area (Å²) in [5.74, 6) is 0. The molecule has 0 aromatic heterocycles. The van der Waals surface area contributed by atoms with Gasteiger partial charge in [-0.25, -0.2) is 9.59 Å². The van der Waals surface area contributed by atoms with Crippen molar-refractivity contribution in [3.8, 4) is 0 Å². The molecule has 1 saturated heterocycles. The second-order valence-corrected chi connectivity index (χ2v) is 4.71. The molecule has 1 unspecified atom stereocenters. The summed E-state index contributed by atoms with van der Waals surface area (Å²) in [4.78, 5) is 23.8. The van der Waals surface area contributed by atoms with E-state index in [1.54, 1.807) is 0 Å². The number of hydrogen-bond acceptors (Lipinski definition) is 3. The van der Waals surface area contributed by atoms with Crippen LogP contribution in [0.15, 0.2) is 30.3 Å². The van der Waals surface area contributed by atoms with Crippen LogP contribution >= 0.6 is 0 Å². The zero-order valence-corrected chi connectivity index (χ0v) is 11.1. The number of hydrogen-bond donors (Lipinski definition) is 2. The van der Waals surface area contributed by atoms with Gasteiger partial charge in [0.2, 0.25) is 0 Å². The average Bonchev–Trinajstić information content (AvgIpc) is 2.92. The molecule has 108 valence electrons. The number of carboxylic acid groups (broad SMARTS) is 1. The quantitative estimate of drug-likeness (QED) is 0.883. The number of alkyl carbamates (subject to hydrolysis) is 1. The predicted molar refractivity (Wildman–Crippen MR) is 72.4 cm³/mol. The van der Waals surface area contributed by atoms with Gasteiger partial charge in [0.05, 0.1) is 6.04 Å². The Labute approximate surface area is 117 Å². The molecule has 2 N–H and O–H groups in total. The largest absolute Gasteiger partial charge is 0.465 e. The zero-order valence-electron chi connectivity index (χ0n) is 11.1. The van der Waals surface area contributed by atoms with Crippen LogP contribution in [0.25, 0.3) is 0 Å². The van der Waals surface area contributed by atoms with Gasteiger partial charge in [0.15, 0.2) is 0 Å². The van der Waals surface area contributed by atoms with Crippen LogP contribution in [0, 0.1) is 0 Å². The van der Waals surface area contributed by atoms with Crippen LogP contribution < -0.4 is 5.32 Å². The fourth-order valence-electron chi connectivity index (χ4n) is 2.25. The molecule has 0 bridgehead atoms. The normalized spacial score (nSPS) is 17.8. The van der Waals surface area contributed by atoms with E-state index >= 15 is 0 Å². The Morgan fingerprint density at radius 2 is 2.10 bits per heavy atom. The standard InChI is InChI=1S/C14H18N2O4/c17-13(15-9-11-5-2-1-3-6-11)20-10-12-7-4-8-16(12)14(18)19/h1-3,5-6,12H,4,7-10H2,(H,15,17)(H,18,19). The fraction of sp³-hybridized carbons (Fsp3) is 0.429. The van der Waals surface area contributed by atoms with Crippen molar-refractivity contribution in [3.05, 3.63) is 35.9 Å². The third-order valence-corrected chi connectivity index (χ3v) is 3.31. The number of likely N-dealkylation sites (tertiary alicyclic amines) is 1. The maximum Gasteiger partial charge on any atom is 0.407 e. The van der Waals surface area contributed by atoms with Gasteiger partial charge in [-0.2, -0.15) is 0 Å². The summed E-state index contributed by atoms with van der Waals surface area (Å²) in [6.07, 6.45) is 0.0661. The number of benzene rings is 1. The Hall–Kier alpha value is -2.24. The molecular weight excluding hydrogens is 260 g/mol. The minimum atomic E-state index is -0.958. The number of nitrogens with zero attached hydrogens (tertiary/aromatic N) is 1. The van der Waals surface area contributed by atoms with E-state index in [2.05, 4.69) is 5.32 Å². The van der Waals surface area contributed by atoms with Crippen LogP contribution in [-0.2, 0) is 11.3 Å². The first-order valence-corrected chi connectivity index (χ1v) is 6.61. The monoisotopic (exact) mass is 278 g/mol. The third-order valence-electron chi connectivity index (χ3n) is 3.31. The molecule has 1 atom stereocenters. The van der Waals surface area contributed by atoms with Gasteiger partial charge in [0.25, 0.3) is 0 Å². The highest BCUT2D eigenvalue weighted by Gasteiger charge is 2.29. The van der Waals surface area contributed by atoms with E-state index < -0.39 is 12.2 Å². The van der Waals surface area contributed by atoms with Crippen LogP contribution in [0.4, 0.5) is 9.59 Å². The number of carbonyl (C=O) groups excluding carboxylic acids is 1. The van der Waals surface area contributed by atoms with Crippen molar-refractivity contribution in [2.75, 3.05) is 13.2 Å². The number of carbonyl (C=O) groups is 2. The lowest BCUT2D eigenvalue weighted by molar-refractivity contribution is 0.0958. The number of rotatable bonds is 4. The molecule has 0 saturated carbocycles. The molecule has 6 nitrogen and oxygen atoms in total. The van der Waals surface area contributed by atoms with Crippen LogP contribution in [0.5, 0.6) is 0 Å². The predicted octanol–water partition coefficient (Wildman–Crippen LogP) is 2.06. The van der Waals surface area contributed by atoms with Crippen LogP contribution in [0.2, 0.25) is 0 Å². The molecule has 0 aliphatic carbocycles. The van der Waals surface area contributed by atoms with Crippen molar-refractivity contribution in [2.24, 2.45) is 0 Å². The lowest BCUT2D eigenvalue weighted by Gasteiger charge is -2.21. The Kier molecular flexibility index (Phi) is 4.81. The lowest BCUT2D eigenvalue weighted by Crippen LogP contribution is -2.38. The summed E-state index contributed by atoms with van der Waals surface area (Å²) in [5, 5.41) is 11.6. The van der Waals surface area contributed by atoms with Crippen molar-refractivity contribution in [3.63, 3.8) is 0 Å². The molecule has 0 spiro atoms. The molecule has 1 fully saturated rings. The molecule has 6 heteroatoms. The van der Waals surface area contributed by atoms with E-state index in [0.717, 1.165) is 18.4 Å². The Balaban J connectivity index is 1.71. The molecular formula is C14H18N2O4. The molecule has 1 aliphatic rings. The average molecular weight is 278 g/mol. The summed E-state index contributed by atoms with van der Waals surface area (Å²) in [5.41, 5.74) is 0.984. The molecule has 0 radical (unpaired) electrons. The first-order valence-electron chi connectivity index (χ1n) is 6.61. The van der Waals surface area contributed by atoms with Gasteiger partial charge in [-0.05, 0) is 18.4 Å². The maximum absolute atomic E-state index is 11.6. The molecule has 1 aromatic carbocycles. The van der Waals surface area contributed by atoms with Crippen molar-refractivity contribution in [1.82, 2.24) is 10.2 Å². The maximum atomic E-state index is 11.6. The SMILES string of the molecule is O=C(NCc1ccccc1)OCC1CCCN1C(=O)O. The minimum absolute atomic E-state index is 0.104. The smallest absolute Gasteiger partial charge is 0.407 e. The first-order chi connectivity index (χ1) is 9.66. The summed E-state index contributed by atoms with van der Waals surface area (Å²) >= 11 is 0. The van der Waals surface area contributed by atoms with Crippen LogP contribution in [0.3, 0.4) is 0 Å². The van der Waals surface area contributed by atoms with Crippen molar-refractivity contribution >= 4 is 12.2 Å². The van der Waals surface area contributed by atoms with Gasteiger partial charge in [-0.3, -0.25) is 0 Å². The highest BCUT2D eigenvalue weighted by atomic mass is 16.5. The van der Waals surface area contributed by atoms with Gasteiger partial charge in [0.1, 0.15) is 6.61 Å². The fourth-order valence-corrected chi connectivity index (χ4v) is 2.25. The number of amides is 2. The highest BCUT2D eigenvalue weighted by molar-refractivity contribution is 5.68. The zero-order chi connectivity index (χ0) is 14.4. The van der Waals surface area contributed by atoms with Gasteiger partial charge >= 0.3 is 12.2 Å². The molecule has 2 amide bonds. The summed E-state index contributed by atoms with van der Waals surface area (Å²) in [6.45, 7) is 1.01. The van der Waals surface area contributed by atoms with Crippen LogP contribution in [0.1, 0.15) is 18.4 Å². The van der Waals surface area contributed by atoms with Crippen LogP contribution in [-0.4, -0.2) is 41.4 Å². The Morgan fingerprint density at radius 3 is 2.80 bits per heavy atom. The summed E-state index contributed by atoms with van der Waals surface area (Å²) in [6, 6.07) is 9.28. The van der Waals surface area contributed by atoms with E-state index in [1.807, 2.05) is 30.3 Å². The summed E-state index contributed by atoms with van der Waals surface area (Å²) in [7, 11) is 0. The Bertz CT molecular complexity index is 464. The first kappa shape index (κ1) is 14.2. The number of ether oxygens (including phenoxy) is 1. The van der Waals surface area contributed by atoms with E-state index in [4.69, 9.17) is 9.84 Å². The van der Waals surface area contributed by atoms with Gasteiger partial charge in [-0.1, -0.05) is 30.3 Å². The lowest BCUT2D eigenvalue weighted by atomic mass is 10.2. The van der Waals surface area contributed by atoms with Crippen molar-refractivity contribution in [1.29, 1.82) is 0 Å². The topological polar surface area (TPSA) is 78.9 Å². The van der Waals surface area contributed by atoms with E-state index in [1.165, 1.54) is 4.90 Å². The Morgan fingerprint density at radius 1 is 1.35 bits per heavy atom. The second kappa shape index (κ2) is 6.79.